The smallest absolute Gasteiger partial charge is 0.410 e. The molecule has 184 valence electrons. The van der Waals surface area contributed by atoms with Crippen LogP contribution in [0.25, 0.3) is 0 Å². The minimum absolute atomic E-state index is 0.221. The highest BCUT2D eigenvalue weighted by molar-refractivity contribution is 5.73. The first-order valence-electron chi connectivity index (χ1n) is 11.1. The van der Waals surface area contributed by atoms with Crippen molar-refractivity contribution in [1.29, 1.82) is 0 Å². The first-order valence-corrected chi connectivity index (χ1v) is 11.1. The summed E-state index contributed by atoms with van der Waals surface area (Å²) in [6.07, 6.45) is 1.57. The summed E-state index contributed by atoms with van der Waals surface area (Å²) in [7, 11) is 1.53. The van der Waals surface area contributed by atoms with Gasteiger partial charge in [-0.05, 0) is 45.9 Å². The zero-order chi connectivity index (χ0) is 24.7. The number of pyridine rings is 1. The molecule has 4 rings (SSSR count). The van der Waals surface area contributed by atoms with Crippen molar-refractivity contribution in [3.63, 3.8) is 0 Å². The quantitative estimate of drug-likeness (QED) is 0.647. The fourth-order valence-corrected chi connectivity index (χ4v) is 4.04. The molecular weight excluding hydrogens is 442 g/mol. The van der Waals surface area contributed by atoms with Crippen LogP contribution in [0.4, 0.5) is 16.2 Å². The number of anilines is 2. The zero-order valence-electron chi connectivity index (χ0n) is 20.1. The van der Waals surface area contributed by atoms with E-state index in [9.17, 15) is 15.0 Å². The van der Waals surface area contributed by atoms with Crippen LogP contribution in [0.2, 0.25) is 0 Å². The first kappa shape index (κ1) is 23.9. The summed E-state index contributed by atoms with van der Waals surface area (Å²) < 4.78 is 22.4. The van der Waals surface area contributed by atoms with Gasteiger partial charge in [0, 0.05) is 24.6 Å². The third kappa shape index (κ3) is 4.97. The van der Waals surface area contributed by atoms with Gasteiger partial charge in [0.1, 0.15) is 23.2 Å². The number of nitrogens with zero attached hydrogens (tertiary/aromatic N) is 3. The lowest BCUT2D eigenvalue weighted by atomic mass is 10.1. The summed E-state index contributed by atoms with van der Waals surface area (Å²) in [5.74, 6) is -0.859. The van der Waals surface area contributed by atoms with Crippen molar-refractivity contribution >= 4 is 17.5 Å². The third-order valence-corrected chi connectivity index (χ3v) is 5.52. The van der Waals surface area contributed by atoms with Gasteiger partial charge >= 0.3 is 6.09 Å². The van der Waals surface area contributed by atoms with Crippen LogP contribution in [0.3, 0.4) is 0 Å². The van der Waals surface area contributed by atoms with Gasteiger partial charge in [0.15, 0.2) is 6.61 Å². The number of ether oxygens (including phenoxy) is 4. The first-order chi connectivity index (χ1) is 16.0. The molecule has 1 saturated heterocycles. The van der Waals surface area contributed by atoms with Gasteiger partial charge in [0.2, 0.25) is 5.88 Å². The average molecular weight is 474 g/mol. The second-order valence-electron chi connectivity index (χ2n) is 9.50. The van der Waals surface area contributed by atoms with Crippen LogP contribution < -0.4 is 19.1 Å². The number of aliphatic hydroxyl groups is 2. The molecule has 3 heterocycles. The van der Waals surface area contributed by atoms with E-state index in [1.54, 1.807) is 29.2 Å². The molecule has 10 heteroatoms. The Morgan fingerprint density at radius 2 is 2.03 bits per heavy atom. The number of aryl methyl sites for hydroxylation is 1. The summed E-state index contributed by atoms with van der Waals surface area (Å²) in [4.78, 5) is 19.6. The van der Waals surface area contributed by atoms with Crippen LogP contribution in [0.15, 0.2) is 30.5 Å². The largest absolute Gasteiger partial charge is 0.488 e. The molecule has 0 aliphatic carbocycles. The second-order valence-corrected chi connectivity index (χ2v) is 9.50. The van der Waals surface area contributed by atoms with E-state index in [1.165, 1.54) is 18.2 Å². The second kappa shape index (κ2) is 8.84. The van der Waals surface area contributed by atoms with Crippen LogP contribution in [-0.2, 0) is 4.74 Å². The van der Waals surface area contributed by atoms with Gasteiger partial charge in [0.25, 0.3) is 5.91 Å². The number of likely N-dealkylation sites (tertiary alicyclic amines) is 1. The van der Waals surface area contributed by atoms with E-state index in [2.05, 4.69) is 4.98 Å². The van der Waals surface area contributed by atoms with Crippen LogP contribution in [-0.4, -0.2) is 70.6 Å². The maximum absolute atomic E-state index is 12.3. The van der Waals surface area contributed by atoms with Crippen LogP contribution >= 0.6 is 0 Å². The minimum Gasteiger partial charge on any atom is -0.488 e. The Labute approximate surface area is 198 Å². The van der Waals surface area contributed by atoms with Crippen molar-refractivity contribution in [1.82, 2.24) is 9.88 Å². The predicted octanol–water partition coefficient (Wildman–Crippen LogP) is 2.96. The van der Waals surface area contributed by atoms with Crippen LogP contribution in [0, 0.1) is 6.92 Å². The van der Waals surface area contributed by atoms with Crippen molar-refractivity contribution in [2.24, 2.45) is 0 Å². The van der Waals surface area contributed by atoms with Gasteiger partial charge in [-0.2, -0.15) is 0 Å². The van der Waals surface area contributed by atoms with Crippen molar-refractivity contribution < 1.29 is 34.0 Å². The molecule has 1 aromatic heterocycles. The predicted molar refractivity (Wildman–Crippen MR) is 124 cm³/mol. The molecule has 1 aromatic carbocycles. The number of carbonyl (C=O) groups is 1. The van der Waals surface area contributed by atoms with Crippen molar-refractivity contribution in [3.8, 4) is 17.4 Å². The van der Waals surface area contributed by atoms with Crippen molar-refractivity contribution in [2.45, 2.75) is 51.7 Å². The Balaban J connectivity index is 1.55. The lowest BCUT2D eigenvalue weighted by molar-refractivity contribution is -0.179. The highest BCUT2D eigenvalue weighted by Crippen LogP contribution is 2.44. The third-order valence-electron chi connectivity index (χ3n) is 5.52. The number of benzene rings is 1. The molecule has 0 spiro atoms. The SMILES string of the molecule is COc1ncc(N2c3cc(OC4CCN(C(=O)OC(C)(C)C)C4)ccc3OCC2(O)O)cc1C. The maximum atomic E-state index is 12.3. The highest BCUT2D eigenvalue weighted by atomic mass is 16.6. The maximum Gasteiger partial charge on any atom is 0.410 e. The number of fused-ring (bicyclic) bond motifs is 1. The fourth-order valence-electron chi connectivity index (χ4n) is 4.04. The van der Waals surface area contributed by atoms with Crippen LogP contribution in [0.5, 0.6) is 17.4 Å². The summed E-state index contributed by atoms with van der Waals surface area (Å²) in [6.45, 7) is 7.90. The Morgan fingerprint density at radius 3 is 2.71 bits per heavy atom. The van der Waals surface area contributed by atoms with Gasteiger partial charge in [-0.3, -0.25) is 4.90 Å². The highest BCUT2D eigenvalue weighted by Gasteiger charge is 2.41. The number of rotatable bonds is 4. The molecule has 34 heavy (non-hydrogen) atoms. The summed E-state index contributed by atoms with van der Waals surface area (Å²) in [5.41, 5.74) is 1.06. The summed E-state index contributed by atoms with van der Waals surface area (Å²) in [6, 6.07) is 6.92. The Hall–Kier alpha value is -3.24. The van der Waals surface area contributed by atoms with Crippen molar-refractivity contribution in [2.75, 3.05) is 31.7 Å². The van der Waals surface area contributed by atoms with Gasteiger partial charge in [-0.1, -0.05) is 0 Å². The molecule has 0 bridgehead atoms. The van der Waals surface area contributed by atoms with Crippen molar-refractivity contribution in [3.05, 3.63) is 36.0 Å². The lowest BCUT2D eigenvalue weighted by Crippen LogP contribution is -2.53. The van der Waals surface area contributed by atoms with Gasteiger partial charge < -0.3 is 34.1 Å². The normalized spacial score (nSPS) is 19.3. The van der Waals surface area contributed by atoms with E-state index >= 15 is 0 Å². The van der Waals surface area contributed by atoms with Gasteiger partial charge in [-0.25, -0.2) is 9.78 Å². The molecule has 0 radical (unpaired) electrons. The zero-order valence-corrected chi connectivity index (χ0v) is 20.1. The number of hydrogen-bond donors (Lipinski definition) is 2. The topological polar surface area (TPSA) is 114 Å². The molecule has 1 atom stereocenters. The standard InChI is InChI=1S/C24H31N3O7/c1-15-10-16(12-25-21(15)31-5)27-19-11-17(6-7-20(19)32-14-24(27,29)30)33-18-8-9-26(13-18)22(28)34-23(2,3)4/h6-7,10-12,18,29-30H,8-9,13-14H2,1-5H3. The Morgan fingerprint density at radius 1 is 1.26 bits per heavy atom. The number of methoxy groups -OCH3 is 1. The molecule has 2 aliphatic rings. The van der Waals surface area contributed by atoms with E-state index in [0.717, 1.165) is 5.56 Å². The lowest BCUT2D eigenvalue weighted by Gasteiger charge is -2.41. The monoisotopic (exact) mass is 473 g/mol. The minimum atomic E-state index is -2.30. The molecule has 2 aromatic rings. The molecule has 2 aliphatic heterocycles. The Bertz CT molecular complexity index is 1070. The molecular formula is C24H31N3O7. The van der Waals surface area contributed by atoms with E-state index in [1.807, 2.05) is 27.7 Å². The molecule has 1 amide bonds. The summed E-state index contributed by atoms with van der Waals surface area (Å²) in [5, 5.41) is 21.4. The van der Waals surface area contributed by atoms with E-state index in [0.29, 0.717) is 48.3 Å². The molecule has 1 fully saturated rings. The molecule has 0 saturated carbocycles. The molecule has 2 N–H and O–H groups in total. The number of amides is 1. The number of hydrogen-bond acceptors (Lipinski definition) is 9. The van der Waals surface area contributed by atoms with Gasteiger partial charge in [0.05, 0.1) is 31.2 Å². The van der Waals surface area contributed by atoms with Gasteiger partial charge in [-0.15, -0.1) is 0 Å². The fraction of sp³-hybridized carbons (Fsp3) is 0.500. The van der Waals surface area contributed by atoms with E-state index in [-0.39, 0.29) is 18.8 Å². The molecule has 1 unspecified atom stereocenters. The Kier molecular flexibility index (Phi) is 6.22. The summed E-state index contributed by atoms with van der Waals surface area (Å²) >= 11 is 0. The van der Waals surface area contributed by atoms with E-state index in [4.69, 9.17) is 18.9 Å². The van der Waals surface area contributed by atoms with Crippen LogP contribution in [0.1, 0.15) is 32.8 Å². The van der Waals surface area contributed by atoms with E-state index < -0.39 is 11.5 Å². The number of aromatic nitrogens is 1. The number of carbonyl (C=O) groups excluding carboxylic acids is 1. The molecule has 10 nitrogen and oxygen atoms in total. The average Bonchev–Trinajstić information content (AvgIpc) is 3.20.